The third-order valence-corrected chi connectivity index (χ3v) is 2.75. The second-order valence-corrected chi connectivity index (χ2v) is 4.53. The summed E-state index contributed by atoms with van der Waals surface area (Å²) in [5, 5.41) is 5.18. The van der Waals surface area contributed by atoms with Crippen LogP contribution in [0.1, 0.15) is 6.42 Å². The van der Waals surface area contributed by atoms with Crippen LogP contribution in [0.3, 0.4) is 0 Å². The summed E-state index contributed by atoms with van der Waals surface area (Å²) in [6.45, 7) is 0.287. The lowest BCUT2D eigenvalue weighted by molar-refractivity contribution is -0.116. The highest BCUT2D eigenvalue weighted by atomic mass is 16.5. The van der Waals surface area contributed by atoms with Crippen molar-refractivity contribution in [3.8, 4) is 5.75 Å². The zero-order chi connectivity index (χ0) is 15.8. The average Bonchev–Trinajstić information content (AvgIpc) is 2.48. The van der Waals surface area contributed by atoms with Gasteiger partial charge in [-0.15, -0.1) is 0 Å². The topological polar surface area (TPSA) is 93.5 Å². The molecule has 2 aromatic carbocycles. The molecule has 0 aromatic heterocycles. The van der Waals surface area contributed by atoms with E-state index in [4.69, 9.17) is 10.5 Å². The molecule has 2 rings (SSSR count). The van der Waals surface area contributed by atoms with Crippen LogP contribution in [0, 0.1) is 0 Å². The molecule has 0 heterocycles. The fourth-order valence-corrected chi connectivity index (χ4v) is 1.82. The fourth-order valence-electron chi connectivity index (χ4n) is 1.82. The molecular weight excluding hydrogens is 282 g/mol. The summed E-state index contributed by atoms with van der Waals surface area (Å²) >= 11 is 0. The van der Waals surface area contributed by atoms with Crippen LogP contribution in [-0.4, -0.2) is 18.5 Å². The molecule has 0 spiro atoms. The van der Waals surface area contributed by atoms with Crippen molar-refractivity contribution >= 4 is 23.3 Å². The maximum Gasteiger partial charge on any atom is 0.316 e. The molecule has 22 heavy (non-hydrogen) atoms. The lowest BCUT2D eigenvalue weighted by Gasteiger charge is -2.08. The van der Waals surface area contributed by atoms with E-state index in [1.165, 1.54) is 0 Å². The summed E-state index contributed by atoms with van der Waals surface area (Å²) in [6, 6.07) is 15.4. The van der Waals surface area contributed by atoms with Crippen LogP contribution >= 0.6 is 0 Å². The van der Waals surface area contributed by atoms with Gasteiger partial charge in [0.25, 0.3) is 0 Å². The fraction of sp³-hybridized carbons (Fsp3) is 0.125. The molecule has 0 saturated heterocycles. The summed E-state index contributed by atoms with van der Waals surface area (Å²) in [6.07, 6.45) is 0.225. The van der Waals surface area contributed by atoms with Gasteiger partial charge in [0.1, 0.15) is 5.75 Å². The average molecular weight is 299 g/mol. The first-order valence-electron chi connectivity index (χ1n) is 6.78. The van der Waals surface area contributed by atoms with Gasteiger partial charge in [-0.3, -0.25) is 4.79 Å². The lowest BCUT2D eigenvalue weighted by Crippen LogP contribution is -2.19. The summed E-state index contributed by atoms with van der Waals surface area (Å²) in [5.41, 5.74) is 6.14. The Labute approximate surface area is 128 Å². The smallest absolute Gasteiger partial charge is 0.316 e. The van der Waals surface area contributed by atoms with E-state index in [0.717, 1.165) is 5.75 Å². The highest BCUT2D eigenvalue weighted by Crippen LogP contribution is 2.15. The van der Waals surface area contributed by atoms with E-state index in [1.54, 1.807) is 24.3 Å². The molecule has 3 amide bonds. The van der Waals surface area contributed by atoms with E-state index in [-0.39, 0.29) is 18.9 Å². The van der Waals surface area contributed by atoms with Crippen LogP contribution in [0.15, 0.2) is 54.6 Å². The Morgan fingerprint density at radius 1 is 0.955 bits per heavy atom. The predicted octanol–water partition coefficient (Wildman–Crippen LogP) is 2.58. The number of nitrogens with two attached hydrogens (primary N) is 1. The second-order valence-electron chi connectivity index (χ2n) is 4.53. The summed E-state index contributed by atoms with van der Waals surface area (Å²) in [4.78, 5) is 22.6. The maximum atomic E-state index is 11.8. The van der Waals surface area contributed by atoms with Gasteiger partial charge < -0.3 is 21.1 Å². The minimum absolute atomic E-state index is 0.174. The quantitative estimate of drug-likeness (QED) is 0.765. The van der Waals surface area contributed by atoms with Crippen LogP contribution in [0.5, 0.6) is 5.75 Å². The van der Waals surface area contributed by atoms with Crippen molar-refractivity contribution in [1.29, 1.82) is 0 Å². The highest BCUT2D eigenvalue weighted by Gasteiger charge is 2.04. The van der Waals surface area contributed by atoms with Crippen LogP contribution in [0.4, 0.5) is 16.2 Å². The van der Waals surface area contributed by atoms with Gasteiger partial charge in [-0.25, -0.2) is 4.79 Å². The first kappa shape index (κ1) is 15.4. The Morgan fingerprint density at radius 3 is 2.32 bits per heavy atom. The lowest BCUT2D eigenvalue weighted by atomic mass is 10.2. The number of benzene rings is 2. The van der Waals surface area contributed by atoms with E-state index in [9.17, 15) is 9.59 Å². The number of anilines is 2. The standard InChI is InChI=1S/C16H17N3O3/c17-16(21)19-13-6-4-5-12(11-13)18-15(20)9-10-22-14-7-2-1-3-8-14/h1-8,11H,9-10H2,(H,18,20)(H3,17,19,21). The molecule has 0 aliphatic rings. The first-order chi connectivity index (χ1) is 10.6. The minimum Gasteiger partial charge on any atom is -0.493 e. The number of carbonyl (C=O) groups is 2. The Hall–Kier alpha value is -3.02. The number of urea groups is 1. The molecule has 114 valence electrons. The number of hydrogen-bond donors (Lipinski definition) is 3. The minimum atomic E-state index is -0.653. The predicted molar refractivity (Wildman–Crippen MR) is 84.8 cm³/mol. The number of nitrogens with one attached hydrogen (secondary N) is 2. The van der Waals surface area contributed by atoms with Gasteiger partial charge in [0.2, 0.25) is 5.91 Å². The van der Waals surface area contributed by atoms with E-state index in [1.807, 2.05) is 30.3 Å². The molecule has 0 atom stereocenters. The van der Waals surface area contributed by atoms with Gasteiger partial charge in [0.15, 0.2) is 0 Å². The molecule has 6 nitrogen and oxygen atoms in total. The van der Waals surface area contributed by atoms with Crippen molar-refractivity contribution in [3.05, 3.63) is 54.6 Å². The molecule has 0 fully saturated rings. The third kappa shape index (κ3) is 5.16. The van der Waals surface area contributed by atoms with Gasteiger partial charge >= 0.3 is 6.03 Å². The molecule has 2 aromatic rings. The number of rotatable bonds is 6. The molecule has 0 bridgehead atoms. The molecule has 0 aliphatic carbocycles. The number of ether oxygens (including phenoxy) is 1. The SMILES string of the molecule is NC(=O)Nc1cccc(NC(=O)CCOc2ccccc2)c1. The first-order valence-corrected chi connectivity index (χ1v) is 6.78. The monoisotopic (exact) mass is 299 g/mol. The molecule has 0 radical (unpaired) electrons. The van der Waals surface area contributed by atoms with Crippen molar-refractivity contribution in [1.82, 2.24) is 0 Å². The highest BCUT2D eigenvalue weighted by molar-refractivity contribution is 5.93. The Morgan fingerprint density at radius 2 is 1.64 bits per heavy atom. The van der Waals surface area contributed by atoms with Crippen molar-refractivity contribution in [2.24, 2.45) is 5.73 Å². The molecule has 0 unspecified atom stereocenters. The number of hydrogen-bond acceptors (Lipinski definition) is 3. The van der Waals surface area contributed by atoms with E-state index < -0.39 is 6.03 Å². The van der Waals surface area contributed by atoms with Gasteiger partial charge in [-0.05, 0) is 30.3 Å². The van der Waals surface area contributed by atoms with Crippen molar-refractivity contribution < 1.29 is 14.3 Å². The molecular formula is C16H17N3O3. The molecule has 0 saturated carbocycles. The van der Waals surface area contributed by atoms with E-state index in [0.29, 0.717) is 11.4 Å². The van der Waals surface area contributed by atoms with Gasteiger partial charge in [0.05, 0.1) is 13.0 Å². The van der Waals surface area contributed by atoms with E-state index in [2.05, 4.69) is 10.6 Å². The Bertz CT molecular complexity index is 644. The summed E-state index contributed by atoms with van der Waals surface area (Å²) < 4.78 is 5.46. The van der Waals surface area contributed by atoms with Crippen LogP contribution in [0.2, 0.25) is 0 Å². The zero-order valence-corrected chi connectivity index (χ0v) is 11.9. The summed E-state index contributed by atoms with van der Waals surface area (Å²) in [7, 11) is 0. The Kier molecular flexibility index (Phi) is 5.37. The maximum absolute atomic E-state index is 11.8. The van der Waals surface area contributed by atoms with Crippen molar-refractivity contribution in [2.45, 2.75) is 6.42 Å². The largest absolute Gasteiger partial charge is 0.493 e. The number of para-hydroxylation sites is 1. The van der Waals surface area contributed by atoms with Gasteiger partial charge in [-0.1, -0.05) is 24.3 Å². The Balaban J connectivity index is 1.80. The van der Waals surface area contributed by atoms with Crippen molar-refractivity contribution in [2.75, 3.05) is 17.2 Å². The number of amides is 3. The van der Waals surface area contributed by atoms with E-state index >= 15 is 0 Å². The number of primary amides is 1. The molecule has 4 N–H and O–H groups in total. The van der Waals surface area contributed by atoms with Gasteiger partial charge in [0, 0.05) is 11.4 Å². The second kappa shape index (κ2) is 7.68. The van der Waals surface area contributed by atoms with Gasteiger partial charge in [-0.2, -0.15) is 0 Å². The van der Waals surface area contributed by atoms with Crippen molar-refractivity contribution in [3.63, 3.8) is 0 Å². The van der Waals surface area contributed by atoms with Crippen LogP contribution in [-0.2, 0) is 4.79 Å². The third-order valence-electron chi connectivity index (χ3n) is 2.75. The zero-order valence-electron chi connectivity index (χ0n) is 11.9. The van der Waals surface area contributed by atoms with Crippen LogP contribution in [0.25, 0.3) is 0 Å². The van der Waals surface area contributed by atoms with Crippen LogP contribution < -0.4 is 21.1 Å². The molecule has 0 aliphatic heterocycles. The number of carbonyl (C=O) groups excluding carboxylic acids is 2. The molecule has 6 heteroatoms. The normalized spacial score (nSPS) is 9.82. The summed E-state index contributed by atoms with van der Waals surface area (Å²) in [5.74, 6) is 0.551.